The number of carbonyl (C=O) groups excluding carboxylic acids is 2. The van der Waals surface area contributed by atoms with Crippen molar-refractivity contribution in [1.29, 1.82) is 0 Å². The SMILES string of the molecule is C=C(C)[C@@H]1CC[C@]2(C(=O)N3CCC[C@H]3c3nc(-c4ccccc4)cn3CCP(=O)(O)O)CC[C@]3(C)[C@H](CC[C@@H]4[C@@]5(C)CC[C@H](OC(=O)[C@H]6C[C@@H](C(=O)O)C6(C)C)C(C)(C)[C@@H]5CC[C@]43C)[C@@H]12. The van der Waals surface area contributed by atoms with E-state index in [-0.39, 0.29) is 70.2 Å². The molecule has 0 radical (unpaired) electrons. The average molecular weight is 914 g/mol. The van der Waals surface area contributed by atoms with E-state index in [1.54, 1.807) is 0 Å². The van der Waals surface area contributed by atoms with Gasteiger partial charge in [-0.1, -0.05) is 91.0 Å². The molecule has 3 N–H and O–H groups in total. The minimum absolute atomic E-state index is 0.0219. The zero-order chi connectivity index (χ0) is 46.9. The van der Waals surface area contributed by atoms with Gasteiger partial charge in [0.25, 0.3) is 0 Å². The molecule has 12 heteroatoms. The fourth-order valence-electron chi connectivity index (χ4n) is 17.1. The third-order valence-electron chi connectivity index (χ3n) is 20.9. The zero-order valence-electron chi connectivity index (χ0n) is 40.4. The lowest BCUT2D eigenvalue weighted by Crippen LogP contribution is -2.67. The number of carboxylic acids is 1. The van der Waals surface area contributed by atoms with Gasteiger partial charge in [-0.05, 0) is 142 Å². The molecule has 7 fully saturated rings. The highest BCUT2D eigenvalue weighted by Crippen LogP contribution is 2.78. The van der Waals surface area contributed by atoms with Gasteiger partial charge in [0.05, 0.1) is 35.1 Å². The summed E-state index contributed by atoms with van der Waals surface area (Å²) in [6, 6.07) is 9.61. The molecule has 0 unspecified atom stereocenters. The molecule has 356 valence electrons. The number of hydrogen-bond acceptors (Lipinski definition) is 6. The van der Waals surface area contributed by atoms with Crippen LogP contribution in [0.25, 0.3) is 11.3 Å². The van der Waals surface area contributed by atoms with Crippen LogP contribution in [0.1, 0.15) is 151 Å². The Morgan fingerprint density at radius 1 is 0.846 bits per heavy atom. The van der Waals surface area contributed by atoms with Crippen LogP contribution < -0.4 is 0 Å². The van der Waals surface area contributed by atoms with E-state index in [9.17, 15) is 29.0 Å². The number of nitrogens with zero attached hydrogens (tertiary/aromatic N) is 3. The smallest absolute Gasteiger partial charge is 0.327 e. The molecule has 13 atom stereocenters. The number of carbonyl (C=O) groups is 3. The number of allylic oxidation sites excluding steroid dienone is 1. The van der Waals surface area contributed by atoms with Gasteiger partial charge in [-0.2, -0.15) is 0 Å². The highest BCUT2D eigenvalue weighted by atomic mass is 31.2. The first kappa shape index (κ1) is 46.8. The van der Waals surface area contributed by atoms with E-state index in [0.29, 0.717) is 30.7 Å². The maximum Gasteiger partial charge on any atom is 0.327 e. The van der Waals surface area contributed by atoms with Crippen molar-refractivity contribution in [2.75, 3.05) is 12.7 Å². The topological polar surface area (TPSA) is 159 Å². The van der Waals surface area contributed by atoms with Gasteiger partial charge in [-0.15, -0.1) is 0 Å². The highest BCUT2D eigenvalue weighted by molar-refractivity contribution is 7.51. The number of esters is 1. The molecule has 7 aliphatic rings. The number of ether oxygens (including phenoxy) is 1. The van der Waals surface area contributed by atoms with E-state index in [0.717, 1.165) is 94.1 Å². The Hall–Kier alpha value is -3.27. The van der Waals surface area contributed by atoms with Gasteiger partial charge in [0.2, 0.25) is 5.91 Å². The Bertz CT molecular complexity index is 2280. The number of benzene rings is 1. The summed E-state index contributed by atoms with van der Waals surface area (Å²) in [6.07, 6.45) is 13.2. The monoisotopic (exact) mass is 914 g/mol. The predicted molar refractivity (Wildman–Crippen MR) is 250 cm³/mol. The molecule has 11 nitrogen and oxygen atoms in total. The van der Waals surface area contributed by atoms with Gasteiger partial charge in [0.1, 0.15) is 11.9 Å². The van der Waals surface area contributed by atoms with Crippen LogP contribution in [0, 0.1) is 73.9 Å². The van der Waals surface area contributed by atoms with E-state index < -0.39 is 36.2 Å². The number of rotatable bonds is 10. The fourth-order valence-corrected chi connectivity index (χ4v) is 17.6. The van der Waals surface area contributed by atoms with Crippen molar-refractivity contribution in [3.8, 4) is 11.3 Å². The summed E-state index contributed by atoms with van der Waals surface area (Å²) in [5, 5.41) is 9.73. The number of likely N-dealkylation sites (tertiary alicyclic amines) is 1. The van der Waals surface area contributed by atoms with Crippen LogP contribution in [0.3, 0.4) is 0 Å². The third kappa shape index (κ3) is 7.10. The second kappa shape index (κ2) is 15.9. The largest absolute Gasteiger partial charge is 0.481 e. The summed E-state index contributed by atoms with van der Waals surface area (Å²) in [5.74, 6) is 0.684. The lowest BCUT2D eigenvalue weighted by atomic mass is 9.32. The maximum absolute atomic E-state index is 15.8. The predicted octanol–water partition coefficient (Wildman–Crippen LogP) is 10.7. The van der Waals surface area contributed by atoms with Crippen LogP contribution in [-0.2, 0) is 30.2 Å². The molecule has 1 saturated heterocycles. The van der Waals surface area contributed by atoms with Gasteiger partial charge in [-0.25, -0.2) is 4.98 Å². The summed E-state index contributed by atoms with van der Waals surface area (Å²) in [5.41, 5.74) is 1.66. The third-order valence-corrected chi connectivity index (χ3v) is 21.6. The van der Waals surface area contributed by atoms with Crippen molar-refractivity contribution in [2.45, 2.75) is 158 Å². The Morgan fingerprint density at radius 3 is 2.23 bits per heavy atom. The number of hydrogen-bond donors (Lipinski definition) is 3. The minimum Gasteiger partial charge on any atom is -0.481 e. The van der Waals surface area contributed by atoms with Gasteiger partial charge in [0, 0.05) is 30.3 Å². The molecule has 6 saturated carbocycles. The Labute approximate surface area is 387 Å². The standard InChI is InChI=1S/C53H76N3O8P/c1-32(2)34-19-24-53(47(60)56-27-13-16-39(56)44-54-38(33-14-11-10-12-15-33)31-55(44)28-29-65(61,62)63)26-25-51(8)35(43(34)53)17-18-41-50(7)22-21-42(49(5,6)40(50)20-23-52(41,51)9)64-46(59)37-30-36(45(57)58)48(37,3)4/h10-12,14-15,31,34-37,39-43H,1,13,16-30H2,2-9H3,(H,57,58)(H2,61,62,63)/t34-,35+,36-,37+,39-,40-,41+,42-,43+,50-,51+,52+,53-/m0/s1. The number of fused-ring (bicyclic) bond motifs is 7. The average Bonchev–Trinajstić information content (AvgIpc) is 3.99. The van der Waals surface area contributed by atoms with Gasteiger partial charge in [0.15, 0.2) is 0 Å². The number of aliphatic carboxylic acids is 1. The van der Waals surface area contributed by atoms with E-state index in [1.165, 1.54) is 5.57 Å². The zero-order valence-corrected chi connectivity index (χ0v) is 41.2. The lowest BCUT2D eigenvalue weighted by Gasteiger charge is -2.73. The quantitative estimate of drug-likeness (QED) is 0.120. The van der Waals surface area contributed by atoms with Crippen molar-refractivity contribution in [3.63, 3.8) is 0 Å². The van der Waals surface area contributed by atoms with Gasteiger partial charge < -0.3 is 29.1 Å². The molecule has 9 rings (SSSR count). The van der Waals surface area contributed by atoms with E-state index >= 15 is 4.79 Å². The number of aryl methyl sites for hydroxylation is 1. The van der Waals surface area contributed by atoms with Gasteiger partial charge >= 0.3 is 19.5 Å². The Balaban J connectivity index is 0.986. The molecular weight excluding hydrogens is 838 g/mol. The first-order valence-electron chi connectivity index (χ1n) is 25.0. The van der Waals surface area contributed by atoms with Gasteiger partial charge in [-0.3, -0.25) is 18.9 Å². The summed E-state index contributed by atoms with van der Waals surface area (Å²) in [4.78, 5) is 68.6. The summed E-state index contributed by atoms with van der Waals surface area (Å²) in [7, 11) is -4.28. The van der Waals surface area contributed by atoms with Crippen LogP contribution in [0.5, 0.6) is 0 Å². The fraction of sp³-hybridized carbons (Fsp3) is 0.736. The molecule has 2 aromatic rings. The first-order valence-corrected chi connectivity index (χ1v) is 26.8. The first-order chi connectivity index (χ1) is 30.4. The van der Waals surface area contributed by atoms with Crippen molar-refractivity contribution < 1.29 is 38.6 Å². The summed E-state index contributed by atoms with van der Waals surface area (Å²) < 4.78 is 20.5. The molecule has 1 aliphatic heterocycles. The Morgan fingerprint density at radius 2 is 1.57 bits per heavy atom. The number of imidazole rings is 1. The molecule has 65 heavy (non-hydrogen) atoms. The van der Waals surface area contributed by atoms with Crippen molar-refractivity contribution in [3.05, 3.63) is 54.5 Å². The second-order valence-electron chi connectivity index (χ2n) is 24.2. The van der Waals surface area contributed by atoms with E-state index in [2.05, 4.69) is 53.0 Å². The van der Waals surface area contributed by atoms with E-state index in [1.807, 2.05) is 54.9 Å². The van der Waals surface area contributed by atoms with Crippen molar-refractivity contribution in [1.82, 2.24) is 14.5 Å². The summed E-state index contributed by atoms with van der Waals surface area (Å²) in [6.45, 7) is 23.8. The van der Waals surface area contributed by atoms with Crippen LogP contribution in [0.15, 0.2) is 48.7 Å². The van der Waals surface area contributed by atoms with Crippen LogP contribution in [0.4, 0.5) is 0 Å². The molecule has 0 spiro atoms. The van der Waals surface area contributed by atoms with Crippen molar-refractivity contribution >= 4 is 25.4 Å². The number of carboxylic acid groups (broad SMARTS) is 1. The number of amides is 1. The molecule has 1 aromatic carbocycles. The van der Waals surface area contributed by atoms with Crippen molar-refractivity contribution in [2.24, 2.45) is 73.9 Å². The number of aromatic nitrogens is 2. The molecule has 0 bridgehead atoms. The summed E-state index contributed by atoms with van der Waals surface area (Å²) >= 11 is 0. The lowest BCUT2D eigenvalue weighted by molar-refractivity contribution is -0.251. The molecular formula is C53H76N3O8P. The molecule has 2 heterocycles. The minimum atomic E-state index is -4.28. The van der Waals surface area contributed by atoms with Crippen LogP contribution in [0.2, 0.25) is 0 Å². The molecule has 1 amide bonds. The molecule has 1 aromatic heterocycles. The maximum atomic E-state index is 15.8. The van der Waals surface area contributed by atoms with E-state index in [4.69, 9.17) is 9.72 Å². The highest BCUT2D eigenvalue weighted by Gasteiger charge is 2.73. The molecule has 6 aliphatic carbocycles. The second-order valence-corrected chi connectivity index (χ2v) is 26.0. The Kier molecular flexibility index (Phi) is 11.5. The van der Waals surface area contributed by atoms with Crippen LogP contribution >= 0.6 is 7.60 Å². The normalized spacial score (nSPS) is 40.4. The van der Waals surface area contributed by atoms with Crippen LogP contribution in [-0.4, -0.2) is 66.0 Å².